The molecule has 0 saturated carbocycles. The molecule has 0 saturated heterocycles. The van der Waals surface area contributed by atoms with Gasteiger partial charge in [0.05, 0.1) is 6.61 Å². The molecular formula is C6H13NO2. The standard InChI is InChI=1S/C6H13NO2/c1-3-5(7)6(8)9-4-2/h5H,3-4,7H2,1-2H3/i3D2. The van der Waals surface area contributed by atoms with Gasteiger partial charge in [-0.1, -0.05) is 6.92 Å². The summed E-state index contributed by atoms with van der Waals surface area (Å²) < 4.78 is 18.7. The van der Waals surface area contributed by atoms with Crippen LogP contribution in [0.2, 0.25) is 0 Å². The average Bonchev–Trinajstić information content (AvgIpc) is 1.85. The first-order valence-electron chi connectivity index (χ1n) is 3.81. The molecule has 0 spiro atoms. The third-order valence-corrected chi connectivity index (χ3v) is 0.852. The van der Waals surface area contributed by atoms with Crippen LogP contribution in [0.25, 0.3) is 0 Å². The Morgan fingerprint density at radius 1 is 1.89 bits per heavy atom. The molecule has 3 nitrogen and oxygen atoms in total. The van der Waals surface area contributed by atoms with Crippen molar-refractivity contribution in [3.8, 4) is 0 Å². The van der Waals surface area contributed by atoms with E-state index in [-0.39, 0.29) is 6.61 Å². The molecule has 54 valence electrons. The van der Waals surface area contributed by atoms with E-state index in [2.05, 4.69) is 4.74 Å². The van der Waals surface area contributed by atoms with Crippen LogP contribution in [0.1, 0.15) is 23.0 Å². The van der Waals surface area contributed by atoms with Crippen LogP contribution >= 0.6 is 0 Å². The predicted molar refractivity (Wildman–Crippen MR) is 34.9 cm³/mol. The molecule has 0 amide bonds. The Bertz CT molecular complexity index is 144. The zero-order valence-corrected chi connectivity index (χ0v) is 5.68. The van der Waals surface area contributed by atoms with Crippen LogP contribution < -0.4 is 5.73 Å². The molecule has 0 rings (SSSR count). The van der Waals surface area contributed by atoms with Crippen LogP contribution in [-0.2, 0) is 9.53 Å². The SMILES string of the molecule is [2H]C([2H])(C)C(N)C(=O)OCC. The van der Waals surface area contributed by atoms with Gasteiger partial charge in [-0.15, -0.1) is 0 Å². The van der Waals surface area contributed by atoms with Gasteiger partial charge in [0.15, 0.2) is 0 Å². The van der Waals surface area contributed by atoms with Crippen molar-refractivity contribution in [3.63, 3.8) is 0 Å². The van der Waals surface area contributed by atoms with Crippen LogP contribution in [0, 0.1) is 0 Å². The van der Waals surface area contributed by atoms with Gasteiger partial charge in [0.1, 0.15) is 6.04 Å². The number of esters is 1. The molecule has 1 unspecified atom stereocenters. The molecule has 2 N–H and O–H groups in total. The second-order valence-corrected chi connectivity index (χ2v) is 1.52. The Kier molecular flexibility index (Phi) is 2.51. The molecule has 0 aliphatic heterocycles. The number of carbonyl (C=O) groups excluding carboxylic acids is 1. The Labute approximate surface area is 58.0 Å². The van der Waals surface area contributed by atoms with Crippen molar-refractivity contribution in [1.29, 1.82) is 0 Å². The highest BCUT2D eigenvalue weighted by atomic mass is 16.5. The molecule has 0 aromatic rings. The molecule has 0 aromatic carbocycles. The quantitative estimate of drug-likeness (QED) is 0.563. The van der Waals surface area contributed by atoms with Gasteiger partial charge >= 0.3 is 5.97 Å². The summed E-state index contributed by atoms with van der Waals surface area (Å²) in [7, 11) is 0. The topological polar surface area (TPSA) is 52.3 Å². The summed E-state index contributed by atoms with van der Waals surface area (Å²) >= 11 is 0. The first kappa shape index (κ1) is 5.23. The van der Waals surface area contributed by atoms with Crippen LogP contribution in [-0.4, -0.2) is 18.6 Å². The van der Waals surface area contributed by atoms with Gasteiger partial charge in [0, 0.05) is 2.74 Å². The maximum absolute atomic E-state index is 10.8. The van der Waals surface area contributed by atoms with Gasteiger partial charge in [0.2, 0.25) is 0 Å². The molecule has 0 heterocycles. The predicted octanol–water partition coefficient (Wildman–Crippen LogP) is 0.287. The monoisotopic (exact) mass is 133 g/mol. The lowest BCUT2D eigenvalue weighted by Gasteiger charge is -2.05. The van der Waals surface area contributed by atoms with E-state index < -0.39 is 18.4 Å². The van der Waals surface area contributed by atoms with E-state index in [1.165, 1.54) is 6.92 Å². The molecule has 0 radical (unpaired) electrons. The van der Waals surface area contributed by atoms with Crippen molar-refractivity contribution < 1.29 is 12.3 Å². The van der Waals surface area contributed by atoms with Crippen molar-refractivity contribution in [2.24, 2.45) is 5.73 Å². The van der Waals surface area contributed by atoms with E-state index in [0.717, 1.165) is 0 Å². The minimum absolute atomic E-state index is 0.225. The molecule has 0 aromatic heterocycles. The Balaban J connectivity index is 4.03. The summed E-state index contributed by atoms with van der Waals surface area (Å²) in [6.07, 6.45) is -1.72. The Hall–Kier alpha value is -0.570. The van der Waals surface area contributed by atoms with E-state index >= 15 is 0 Å². The summed E-state index contributed by atoms with van der Waals surface area (Å²) in [6.45, 7) is 3.12. The lowest BCUT2D eigenvalue weighted by atomic mass is 10.2. The van der Waals surface area contributed by atoms with Gasteiger partial charge in [-0.05, 0) is 13.3 Å². The molecule has 9 heavy (non-hydrogen) atoms. The summed E-state index contributed by atoms with van der Waals surface area (Å²) in [4.78, 5) is 10.8. The smallest absolute Gasteiger partial charge is 0.322 e. The van der Waals surface area contributed by atoms with Crippen molar-refractivity contribution in [3.05, 3.63) is 0 Å². The maximum Gasteiger partial charge on any atom is 0.322 e. The Morgan fingerprint density at radius 3 is 2.78 bits per heavy atom. The van der Waals surface area contributed by atoms with E-state index in [1.54, 1.807) is 6.92 Å². The minimum Gasteiger partial charge on any atom is -0.465 e. The second kappa shape index (κ2) is 4.32. The van der Waals surface area contributed by atoms with Crippen LogP contribution in [0.4, 0.5) is 0 Å². The Morgan fingerprint density at radius 2 is 2.44 bits per heavy atom. The van der Waals surface area contributed by atoms with Gasteiger partial charge in [-0.2, -0.15) is 0 Å². The molecule has 0 aliphatic carbocycles. The van der Waals surface area contributed by atoms with E-state index in [4.69, 9.17) is 8.48 Å². The normalized spacial score (nSPS) is 17.7. The fraction of sp³-hybridized carbons (Fsp3) is 0.833. The number of hydrogen-bond acceptors (Lipinski definition) is 3. The zero-order valence-electron chi connectivity index (χ0n) is 7.68. The fourth-order valence-electron chi connectivity index (χ4n) is 0.350. The molecule has 3 heteroatoms. The van der Waals surface area contributed by atoms with Crippen molar-refractivity contribution in [1.82, 2.24) is 0 Å². The zero-order chi connectivity index (χ0) is 9.07. The average molecular weight is 133 g/mol. The first-order valence-corrected chi connectivity index (χ1v) is 2.81. The number of rotatable bonds is 3. The molecular weight excluding hydrogens is 118 g/mol. The van der Waals surface area contributed by atoms with Crippen LogP contribution in [0.3, 0.4) is 0 Å². The summed E-state index contributed by atoms with van der Waals surface area (Å²) in [5, 5.41) is 0. The molecule has 0 bridgehead atoms. The van der Waals surface area contributed by atoms with E-state index in [9.17, 15) is 4.79 Å². The van der Waals surface area contributed by atoms with Crippen LogP contribution in [0.15, 0.2) is 0 Å². The molecule has 0 aliphatic rings. The van der Waals surface area contributed by atoms with Gasteiger partial charge in [-0.3, -0.25) is 4.79 Å². The van der Waals surface area contributed by atoms with E-state index in [1.807, 2.05) is 0 Å². The van der Waals surface area contributed by atoms with Gasteiger partial charge in [0.25, 0.3) is 0 Å². The number of nitrogens with two attached hydrogens (primary N) is 1. The van der Waals surface area contributed by atoms with E-state index in [0.29, 0.717) is 0 Å². The first-order chi connectivity index (χ1) is 4.89. The molecule has 0 fully saturated rings. The molecule has 1 atom stereocenters. The minimum atomic E-state index is -1.72. The number of carbonyl (C=O) groups is 1. The highest BCUT2D eigenvalue weighted by Crippen LogP contribution is 1.89. The van der Waals surface area contributed by atoms with Gasteiger partial charge in [-0.25, -0.2) is 0 Å². The number of ether oxygens (including phenoxy) is 1. The number of hydrogen-bond donors (Lipinski definition) is 1. The third-order valence-electron chi connectivity index (χ3n) is 0.852. The summed E-state index contributed by atoms with van der Waals surface area (Å²) in [5.41, 5.74) is 5.23. The summed E-state index contributed by atoms with van der Waals surface area (Å²) in [5.74, 6) is -0.694. The van der Waals surface area contributed by atoms with Crippen LogP contribution in [0.5, 0.6) is 0 Å². The highest BCUT2D eigenvalue weighted by Gasteiger charge is 2.10. The van der Waals surface area contributed by atoms with Gasteiger partial charge < -0.3 is 10.5 Å². The van der Waals surface area contributed by atoms with Crippen molar-refractivity contribution >= 4 is 5.97 Å². The second-order valence-electron chi connectivity index (χ2n) is 1.52. The van der Waals surface area contributed by atoms with Crippen molar-refractivity contribution in [2.45, 2.75) is 26.3 Å². The maximum atomic E-state index is 10.8. The fourth-order valence-corrected chi connectivity index (χ4v) is 0.350. The van der Waals surface area contributed by atoms with Crippen molar-refractivity contribution in [2.75, 3.05) is 6.61 Å². The lowest BCUT2D eigenvalue weighted by molar-refractivity contribution is -0.144. The highest BCUT2D eigenvalue weighted by molar-refractivity contribution is 5.75. The summed E-state index contributed by atoms with van der Waals surface area (Å²) in [6, 6.07) is -1.19. The third kappa shape index (κ3) is 3.08. The lowest BCUT2D eigenvalue weighted by Crippen LogP contribution is -2.31. The largest absolute Gasteiger partial charge is 0.465 e.